The van der Waals surface area contributed by atoms with Crippen molar-refractivity contribution >= 4 is 22.7 Å². The molecule has 22 heavy (non-hydrogen) atoms. The Kier molecular flexibility index (Phi) is 4.56. The van der Waals surface area contributed by atoms with Gasteiger partial charge >= 0.3 is 6.09 Å². The molecule has 2 rings (SSSR count). The van der Waals surface area contributed by atoms with Gasteiger partial charge in [0.15, 0.2) is 0 Å². The number of nitro groups is 1. The maximum Gasteiger partial charge on any atom is 0.404 e. The minimum atomic E-state index is -0.873. The SMILES string of the molecule is C[C@H](COCc1cc([N+](=O)[O-])c2cn(C)nc2c1)OC(N)=O. The molecule has 2 N–H and O–H groups in total. The molecule has 118 valence electrons. The van der Waals surface area contributed by atoms with Crippen LogP contribution in [-0.4, -0.2) is 33.5 Å². The number of carbonyl (C=O) groups is 1. The molecule has 0 radical (unpaired) electrons. The van der Waals surface area contributed by atoms with Gasteiger partial charge in [0.05, 0.1) is 29.0 Å². The topological polar surface area (TPSA) is 123 Å². The van der Waals surface area contributed by atoms with Crippen LogP contribution in [-0.2, 0) is 23.1 Å². The Hall–Kier alpha value is -2.68. The van der Waals surface area contributed by atoms with E-state index >= 15 is 0 Å². The van der Waals surface area contributed by atoms with E-state index in [1.165, 1.54) is 10.7 Å². The molecule has 9 nitrogen and oxygen atoms in total. The third kappa shape index (κ3) is 3.70. The Bertz CT molecular complexity index is 712. The van der Waals surface area contributed by atoms with Crippen molar-refractivity contribution in [3.05, 3.63) is 34.0 Å². The number of nitrogens with two attached hydrogens (primary N) is 1. The van der Waals surface area contributed by atoms with Crippen molar-refractivity contribution in [2.24, 2.45) is 12.8 Å². The molecule has 0 fully saturated rings. The van der Waals surface area contributed by atoms with Gasteiger partial charge < -0.3 is 15.2 Å². The summed E-state index contributed by atoms with van der Waals surface area (Å²) in [6.07, 6.45) is 0.230. The van der Waals surface area contributed by atoms with Gasteiger partial charge in [-0.1, -0.05) is 0 Å². The van der Waals surface area contributed by atoms with E-state index < -0.39 is 17.1 Å². The van der Waals surface area contributed by atoms with Gasteiger partial charge in [-0.15, -0.1) is 0 Å². The van der Waals surface area contributed by atoms with Crippen LogP contribution in [0, 0.1) is 10.1 Å². The van der Waals surface area contributed by atoms with Gasteiger partial charge in [0.1, 0.15) is 6.10 Å². The molecule has 2 aromatic rings. The molecule has 0 unspecified atom stereocenters. The highest BCUT2D eigenvalue weighted by Crippen LogP contribution is 2.26. The fraction of sp³-hybridized carbons (Fsp3) is 0.385. The van der Waals surface area contributed by atoms with E-state index in [4.69, 9.17) is 15.2 Å². The Balaban J connectivity index is 2.11. The number of amides is 1. The first-order chi connectivity index (χ1) is 10.4. The van der Waals surface area contributed by atoms with Crippen molar-refractivity contribution in [1.82, 2.24) is 9.78 Å². The molecule has 0 aliphatic carbocycles. The fourth-order valence-electron chi connectivity index (χ4n) is 2.09. The van der Waals surface area contributed by atoms with E-state index in [0.29, 0.717) is 16.5 Å². The number of primary amides is 1. The number of nitrogens with zero attached hydrogens (tertiary/aromatic N) is 3. The number of fused-ring (bicyclic) bond motifs is 1. The molecule has 9 heteroatoms. The van der Waals surface area contributed by atoms with Crippen molar-refractivity contribution in [1.29, 1.82) is 0 Å². The van der Waals surface area contributed by atoms with Crippen LogP contribution in [0.4, 0.5) is 10.5 Å². The standard InChI is InChI=1S/C13H16N4O5/c1-8(22-13(14)18)6-21-7-9-3-11-10(5-16(2)15-11)12(4-9)17(19)20/h3-5,8H,6-7H2,1-2H3,(H2,14,18)/t8-/m1/s1. The lowest BCUT2D eigenvalue weighted by molar-refractivity contribution is -0.383. The molecular weight excluding hydrogens is 292 g/mol. The maximum atomic E-state index is 11.1. The number of aromatic nitrogens is 2. The highest BCUT2D eigenvalue weighted by Gasteiger charge is 2.16. The number of aryl methyl sites for hydroxylation is 1. The molecule has 0 saturated carbocycles. The molecule has 1 atom stereocenters. The number of benzene rings is 1. The van der Waals surface area contributed by atoms with Gasteiger partial charge in [-0.05, 0) is 18.6 Å². The average molecular weight is 308 g/mol. The monoisotopic (exact) mass is 308 g/mol. The quantitative estimate of drug-likeness (QED) is 0.637. The van der Waals surface area contributed by atoms with Crippen LogP contribution < -0.4 is 5.73 Å². The summed E-state index contributed by atoms with van der Waals surface area (Å²) in [5.41, 5.74) is 6.01. The Morgan fingerprint density at radius 3 is 2.91 bits per heavy atom. The molecule has 1 amide bonds. The van der Waals surface area contributed by atoms with Gasteiger partial charge in [-0.2, -0.15) is 5.10 Å². The summed E-state index contributed by atoms with van der Waals surface area (Å²) >= 11 is 0. The van der Waals surface area contributed by atoms with Crippen molar-refractivity contribution in [3.63, 3.8) is 0 Å². The Morgan fingerprint density at radius 2 is 2.27 bits per heavy atom. The van der Waals surface area contributed by atoms with E-state index in [1.54, 1.807) is 26.2 Å². The number of nitro benzene ring substituents is 1. The van der Waals surface area contributed by atoms with Crippen LogP contribution in [0.1, 0.15) is 12.5 Å². The summed E-state index contributed by atoms with van der Waals surface area (Å²) < 4.78 is 11.6. The second-order valence-electron chi connectivity index (χ2n) is 4.87. The van der Waals surface area contributed by atoms with Crippen LogP contribution in [0.2, 0.25) is 0 Å². The van der Waals surface area contributed by atoms with Crippen LogP contribution >= 0.6 is 0 Å². The van der Waals surface area contributed by atoms with Gasteiger partial charge in [-0.25, -0.2) is 4.79 Å². The smallest absolute Gasteiger partial charge is 0.404 e. The number of hydrogen-bond donors (Lipinski definition) is 1. The summed E-state index contributed by atoms with van der Waals surface area (Å²) in [4.78, 5) is 21.3. The lowest BCUT2D eigenvalue weighted by Gasteiger charge is -2.11. The molecule has 0 aliphatic heterocycles. The Labute approximate surface area is 125 Å². The largest absolute Gasteiger partial charge is 0.444 e. The van der Waals surface area contributed by atoms with Crippen LogP contribution in [0.5, 0.6) is 0 Å². The van der Waals surface area contributed by atoms with Crippen molar-refractivity contribution in [3.8, 4) is 0 Å². The van der Waals surface area contributed by atoms with Crippen LogP contribution in [0.3, 0.4) is 0 Å². The van der Waals surface area contributed by atoms with E-state index in [1.807, 2.05) is 0 Å². The molecular formula is C13H16N4O5. The first-order valence-electron chi connectivity index (χ1n) is 6.51. The predicted octanol–water partition coefficient (Wildman–Crippen LogP) is 1.48. The molecule has 1 heterocycles. The lowest BCUT2D eigenvalue weighted by Crippen LogP contribution is -2.24. The lowest BCUT2D eigenvalue weighted by atomic mass is 10.1. The van der Waals surface area contributed by atoms with Gasteiger partial charge in [0.25, 0.3) is 5.69 Å². The van der Waals surface area contributed by atoms with Gasteiger partial charge in [0, 0.05) is 19.3 Å². The number of non-ortho nitro benzene ring substituents is 1. The predicted molar refractivity (Wildman–Crippen MR) is 77.2 cm³/mol. The first kappa shape index (κ1) is 15.7. The number of ether oxygens (including phenoxy) is 2. The molecule has 0 aliphatic rings. The maximum absolute atomic E-state index is 11.1. The summed E-state index contributed by atoms with van der Waals surface area (Å²) in [6.45, 7) is 1.91. The van der Waals surface area contributed by atoms with Gasteiger partial charge in [-0.3, -0.25) is 14.8 Å². The number of carbonyl (C=O) groups excluding carboxylic acids is 1. The van der Waals surface area contributed by atoms with Crippen molar-refractivity contribution in [2.75, 3.05) is 6.61 Å². The number of hydrogen-bond acceptors (Lipinski definition) is 6. The van der Waals surface area contributed by atoms with Crippen molar-refractivity contribution in [2.45, 2.75) is 19.6 Å². The van der Waals surface area contributed by atoms with Crippen molar-refractivity contribution < 1.29 is 19.2 Å². The first-order valence-corrected chi connectivity index (χ1v) is 6.51. The van der Waals surface area contributed by atoms with Crippen LogP contribution in [0.15, 0.2) is 18.3 Å². The Morgan fingerprint density at radius 1 is 1.55 bits per heavy atom. The highest BCUT2D eigenvalue weighted by atomic mass is 16.6. The zero-order valence-corrected chi connectivity index (χ0v) is 12.2. The third-order valence-electron chi connectivity index (χ3n) is 2.91. The van der Waals surface area contributed by atoms with Crippen LogP contribution in [0.25, 0.3) is 10.9 Å². The normalized spacial score (nSPS) is 12.3. The zero-order valence-electron chi connectivity index (χ0n) is 12.2. The van der Waals surface area contributed by atoms with E-state index in [0.717, 1.165) is 0 Å². The summed E-state index contributed by atoms with van der Waals surface area (Å²) in [6, 6.07) is 3.17. The van der Waals surface area contributed by atoms with Gasteiger partial charge in [0.2, 0.25) is 0 Å². The second kappa shape index (κ2) is 6.39. The summed E-state index contributed by atoms with van der Waals surface area (Å²) in [7, 11) is 1.70. The minimum Gasteiger partial charge on any atom is -0.444 e. The highest BCUT2D eigenvalue weighted by molar-refractivity contribution is 5.88. The second-order valence-corrected chi connectivity index (χ2v) is 4.87. The molecule has 0 bridgehead atoms. The molecule has 0 saturated heterocycles. The molecule has 1 aromatic heterocycles. The van der Waals surface area contributed by atoms with E-state index in [9.17, 15) is 14.9 Å². The fourth-order valence-corrected chi connectivity index (χ4v) is 2.09. The van der Waals surface area contributed by atoms with E-state index in [2.05, 4.69) is 5.10 Å². The minimum absolute atomic E-state index is 0.0226. The number of rotatable bonds is 6. The summed E-state index contributed by atoms with van der Waals surface area (Å²) in [5.74, 6) is 0. The third-order valence-corrected chi connectivity index (χ3v) is 2.91. The zero-order chi connectivity index (χ0) is 16.3. The summed E-state index contributed by atoms with van der Waals surface area (Å²) in [5, 5.41) is 15.8. The van der Waals surface area contributed by atoms with E-state index in [-0.39, 0.29) is 18.9 Å². The molecule has 1 aromatic carbocycles. The molecule has 0 spiro atoms. The average Bonchev–Trinajstić information content (AvgIpc) is 2.76.